The second kappa shape index (κ2) is 11.8. The number of Topliss-reactive ketones (excluding diaryl/α,β-unsaturated/α-hetero) is 1. The van der Waals surface area contributed by atoms with Gasteiger partial charge in [0.1, 0.15) is 5.78 Å². The number of hydrogen-bond acceptors (Lipinski definition) is 4. The molecular formula is C20H23F17O4S2. The number of hydrogen-bond donors (Lipinski definition) is 0. The average Bonchev–Trinajstić information content (AvgIpc) is 2.82. The minimum absolute atomic E-state index is 0.0630. The molecule has 43 heavy (non-hydrogen) atoms. The van der Waals surface area contributed by atoms with Crippen molar-refractivity contribution in [1.29, 1.82) is 0 Å². The Morgan fingerprint density at radius 1 is 0.651 bits per heavy atom. The second-order valence-electron chi connectivity index (χ2n) is 9.75. The van der Waals surface area contributed by atoms with E-state index in [9.17, 15) is 87.8 Å². The molecule has 0 spiro atoms. The molecule has 0 heterocycles. The standard InChI is InChI=1S/C20H23F17O4S2/c1-3-7-11(38)10-42(2,12-8-5-4-6-9-12)41-43(39,40)20(36,37)18(31,32)16(27,28)14(23,24)13(21,22)15(25,26)17(29,30)19(33,34)35/h12H,3-10H2,1-2H3. The van der Waals surface area contributed by atoms with Crippen LogP contribution in [0, 0.1) is 0 Å². The largest absolute Gasteiger partial charge is 0.460 e. The third-order valence-electron chi connectivity index (χ3n) is 6.49. The van der Waals surface area contributed by atoms with Gasteiger partial charge in [0.15, 0.2) is 0 Å². The molecule has 1 unspecified atom stereocenters. The number of halogens is 17. The molecule has 23 heteroatoms. The maximum absolute atomic E-state index is 14.6. The van der Waals surface area contributed by atoms with E-state index in [0.29, 0.717) is 12.7 Å². The van der Waals surface area contributed by atoms with E-state index in [4.69, 9.17) is 0 Å². The monoisotopic (exact) mass is 714 g/mol. The van der Waals surface area contributed by atoms with E-state index in [0.717, 1.165) is 0 Å². The summed E-state index contributed by atoms with van der Waals surface area (Å²) in [6.07, 6.45) is -6.86. The van der Waals surface area contributed by atoms with E-state index in [1.54, 1.807) is 0 Å². The Kier molecular flexibility index (Phi) is 10.9. The van der Waals surface area contributed by atoms with Crippen LogP contribution >= 0.6 is 10.3 Å². The Morgan fingerprint density at radius 2 is 1.02 bits per heavy atom. The highest BCUT2D eigenvalue weighted by atomic mass is 32.3. The lowest BCUT2D eigenvalue weighted by atomic mass is 9.91. The van der Waals surface area contributed by atoms with Gasteiger partial charge < -0.3 is 0 Å². The van der Waals surface area contributed by atoms with Crippen LogP contribution in [0.15, 0.2) is 0 Å². The zero-order chi connectivity index (χ0) is 34.5. The zero-order valence-corrected chi connectivity index (χ0v) is 23.2. The smallest absolute Gasteiger partial charge is 0.299 e. The van der Waals surface area contributed by atoms with Crippen molar-refractivity contribution >= 4 is 26.2 Å². The molecule has 0 amide bonds. The number of carbonyl (C=O) groups is 1. The highest BCUT2D eigenvalue weighted by Gasteiger charge is 2.96. The summed E-state index contributed by atoms with van der Waals surface area (Å²) in [5, 5.41) is -8.95. The second-order valence-corrected chi connectivity index (χ2v) is 14.8. The minimum atomic E-state index is -8.92. The fourth-order valence-electron chi connectivity index (χ4n) is 3.99. The summed E-state index contributed by atoms with van der Waals surface area (Å²) < 4.78 is 259. The summed E-state index contributed by atoms with van der Waals surface area (Å²) in [6, 6.07) is 0. The lowest BCUT2D eigenvalue weighted by molar-refractivity contribution is -0.458. The van der Waals surface area contributed by atoms with Crippen LogP contribution in [0.3, 0.4) is 0 Å². The molecule has 1 aliphatic rings. The average molecular weight is 714 g/mol. The van der Waals surface area contributed by atoms with Crippen LogP contribution < -0.4 is 0 Å². The number of carbonyl (C=O) groups excluding carboxylic acids is 1. The molecule has 1 saturated carbocycles. The molecule has 1 fully saturated rings. The number of alkyl halides is 17. The molecule has 0 radical (unpaired) electrons. The van der Waals surface area contributed by atoms with E-state index in [1.807, 2.05) is 0 Å². The van der Waals surface area contributed by atoms with Gasteiger partial charge >= 0.3 is 57.1 Å². The van der Waals surface area contributed by atoms with Crippen LogP contribution in [0.5, 0.6) is 0 Å². The first-order chi connectivity index (χ1) is 18.8. The summed E-state index contributed by atoms with van der Waals surface area (Å²) in [5.74, 6) is -54.1. The van der Waals surface area contributed by atoms with E-state index >= 15 is 0 Å². The fraction of sp³-hybridized carbons (Fsp3) is 0.950. The van der Waals surface area contributed by atoms with Crippen LogP contribution in [-0.4, -0.2) is 78.4 Å². The van der Waals surface area contributed by atoms with E-state index in [2.05, 4.69) is 3.63 Å². The van der Waals surface area contributed by atoms with Crippen molar-refractivity contribution in [3.05, 3.63) is 0 Å². The van der Waals surface area contributed by atoms with Crippen LogP contribution in [0.25, 0.3) is 0 Å². The summed E-state index contributed by atoms with van der Waals surface area (Å²) >= 11 is 0. The highest BCUT2D eigenvalue weighted by Crippen LogP contribution is 2.66. The Morgan fingerprint density at radius 3 is 1.40 bits per heavy atom. The maximum atomic E-state index is 14.6. The van der Waals surface area contributed by atoms with E-state index < -0.39 is 84.2 Å². The molecule has 0 bridgehead atoms. The summed E-state index contributed by atoms with van der Waals surface area (Å²) in [6.45, 7) is 1.41. The minimum Gasteiger partial charge on any atom is -0.299 e. The van der Waals surface area contributed by atoms with Gasteiger partial charge in [-0.2, -0.15) is 83.1 Å². The number of rotatable bonds is 14. The molecule has 1 atom stereocenters. The SMILES string of the molecule is CCCC(=O)CS(C)(OS(=O)(=O)C(F)(F)C(F)(F)C(F)(F)C(F)(F)C(F)(F)C(F)(F)C(F)(F)C(F)(F)F)C1CCCCC1. The molecule has 0 aromatic heterocycles. The van der Waals surface area contributed by atoms with Crippen molar-refractivity contribution in [3.63, 3.8) is 0 Å². The first kappa shape index (κ1) is 39.8. The third kappa shape index (κ3) is 6.27. The molecule has 0 aliphatic heterocycles. The normalized spacial score (nSPS) is 20.1. The predicted molar refractivity (Wildman–Crippen MR) is 116 cm³/mol. The van der Waals surface area contributed by atoms with Crippen LogP contribution in [0.2, 0.25) is 0 Å². The molecule has 1 aliphatic carbocycles. The van der Waals surface area contributed by atoms with Gasteiger partial charge in [-0.05, 0) is 25.5 Å². The first-order valence-electron chi connectivity index (χ1n) is 11.7. The zero-order valence-electron chi connectivity index (χ0n) is 21.6. The number of ketones is 1. The summed E-state index contributed by atoms with van der Waals surface area (Å²) in [5.41, 5.74) is 0. The quantitative estimate of drug-likeness (QED) is 0.170. The molecule has 0 saturated heterocycles. The van der Waals surface area contributed by atoms with Crippen LogP contribution in [0.4, 0.5) is 74.6 Å². The molecular weight excluding hydrogens is 691 g/mol. The van der Waals surface area contributed by atoms with Crippen molar-refractivity contribution in [2.45, 2.75) is 104 Å². The van der Waals surface area contributed by atoms with E-state index in [1.165, 1.54) is 6.92 Å². The lowest BCUT2D eigenvalue weighted by Gasteiger charge is -2.45. The molecule has 0 aromatic rings. The Hall–Kier alpha value is -1.26. The Bertz CT molecular complexity index is 1110. The molecule has 4 nitrogen and oxygen atoms in total. The Labute approximate surface area is 234 Å². The van der Waals surface area contributed by atoms with Gasteiger partial charge in [-0.3, -0.25) is 4.79 Å². The van der Waals surface area contributed by atoms with Gasteiger partial charge in [-0.15, -0.1) is 10.3 Å². The topological polar surface area (TPSA) is 60.4 Å². The maximum Gasteiger partial charge on any atom is 0.460 e. The molecule has 0 aromatic carbocycles. The van der Waals surface area contributed by atoms with Gasteiger partial charge in [0.2, 0.25) is 0 Å². The van der Waals surface area contributed by atoms with Gasteiger partial charge in [0.25, 0.3) is 0 Å². The Balaban J connectivity index is 3.73. The van der Waals surface area contributed by atoms with Crippen molar-refractivity contribution in [1.82, 2.24) is 0 Å². The van der Waals surface area contributed by atoms with Crippen molar-refractivity contribution in [2.75, 3.05) is 12.0 Å². The molecule has 1 rings (SSSR count). The molecule has 258 valence electrons. The van der Waals surface area contributed by atoms with Crippen molar-refractivity contribution in [3.8, 4) is 0 Å². The third-order valence-corrected chi connectivity index (χ3v) is 12.1. The fourth-order valence-corrected chi connectivity index (χ4v) is 9.39. The van der Waals surface area contributed by atoms with E-state index in [-0.39, 0.29) is 38.5 Å². The first-order valence-corrected chi connectivity index (χ1v) is 15.3. The van der Waals surface area contributed by atoms with Gasteiger partial charge in [-0.25, -0.2) is 3.63 Å². The summed E-state index contributed by atoms with van der Waals surface area (Å²) in [4.78, 5) is 12.2. The summed E-state index contributed by atoms with van der Waals surface area (Å²) in [7, 11) is -11.6. The molecule has 0 N–H and O–H groups in total. The van der Waals surface area contributed by atoms with Crippen molar-refractivity contribution < 1.29 is 91.5 Å². The predicted octanol–water partition coefficient (Wildman–Crippen LogP) is 8.35. The highest BCUT2D eigenvalue weighted by molar-refractivity contribution is 8.33. The lowest BCUT2D eigenvalue weighted by Crippen LogP contribution is -2.75. The van der Waals surface area contributed by atoms with Crippen LogP contribution in [-0.2, 0) is 18.5 Å². The van der Waals surface area contributed by atoms with Gasteiger partial charge in [0.05, 0.1) is 5.75 Å². The van der Waals surface area contributed by atoms with Gasteiger partial charge in [0, 0.05) is 11.7 Å². The van der Waals surface area contributed by atoms with Gasteiger partial charge in [-0.1, -0.05) is 26.2 Å². The van der Waals surface area contributed by atoms with Crippen molar-refractivity contribution in [2.24, 2.45) is 0 Å². The van der Waals surface area contributed by atoms with Crippen LogP contribution in [0.1, 0.15) is 51.9 Å².